The van der Waals surface area contributed by atoms with Crippen molar-refractivity contribution in [3.63, 3.8) is 0 Å². The Balaban J connectivity index is 1.40. The largest absolute Gasteiger partial charge is 0.421 e. The molecule has 33 heavy (non-hydrogen) atoms. The first-order chi connectivity index (χ1) is 15.9. The zero-order chi connectivity index (χ0) is 23.4. The fourth-order valence-corrected chi connectivity index (χ4v) is 5.48. The second-order valence-corrected chi connectivity index (χ2v) is 10.4. The highest BCUT2D eigenvalue weighted by Gasteiger charge is 2.34. The zero-order valence-corrected chi connectivity index (χ0v) is 20.7. The Kier molecular flexibility index (Phi) is 7.99. The second-order valence-electron chi connectivity index (χ2n) is 10.4. The Hall–Kier alpha value is -2.02. The van der Waals surface area contributed by atoms with Gasteiger partial charge in [0.15, 0.2) is 0 Å². The van der Waals surface area contributed by atoms with Crippen LogP contribution in [-0.2, 0) is 6.42 Å². The summed E-state index contributed by atoms with van der Waals surface area (Å²) in [7, 11) is 0. The van der Waals surface area contributed by atoms with Crippen molar-refractivity contribution in [2.45, 2.75) is 40.5 Å². The molecular weight excluding hydrogens is 412 g/mol. The van der Waals surface area contributed by atoms with Crippen LogP contribution in [0.3, 0.4) is 0 Å². The Bertz CT molecular complexity index is 912. The smallest absolute Gasteiger partial charge is 0.247 e. The summed E-state index contributed by atoms with van der Waals surface area (Å²) >= 11 is 0. The van der Waals surface area contributed by atoms with Crippen LogP contribution in [0.1, 0.15) is 38.6 Å². The van der Waals surface area contributed by atoms with Gasteiger partial charge in [-0.15, -0.1) is 10.2 Å². The SMILES string of the molecule is CC1=CC(CN2CCN(CCO)CC2)C(C(C)C)CC1Cc1nnc(-c2ccc(C)cc2)o1. The van der Waals surface area contributed by atoms with Gasteiger partial charge in [-0.05, 0) is 56.1 Å². The maximum atomic E-state index is 9.19. The average molecular weight is 453 g/mol. The summed E-state index contributed by atoms with van der Waals surface area (Å²) in [5.74, 6) is 3.71. The first kappa shape index (κ1) is 24.1. The van der Waals surface area contributed by atoms with Gasteiger partial charge in [0.2, 0.25) is 11.8 Å². The molecule has 3 atom stereocenters. The molecule has 0 amide bonds. The number of allylic oxidation sites excluding steroid dienone is 1. The number of β-amino-alcohol motifs (C(OH)–C–C–N with tert-alkyl or cyclic N) is 1. The Morgan fingerprint density at radius 3 is 2.39 bits per heavy atom. The molecule has 6 heteroatoms. The van der Waals surface area contributed by atoms with Gasteiger partial charge in [0.25, 0.3) is 0 Å². The van der Waals surface area contributed by atoms with Crippen molar-refractivity contribution in [1.82, 2.24) is 20.0 Å². The van der Waals surface area contributed by atoms with Gasteiger partial charge in [0, 0.05) is 51.3 Å². The van der Waals surface area contributed by atoms with Crippen LogP contribution in [0.2, 0.25) is 0 Å². The number of benzene rings is 1. The number of aliphatic hydroxyl groups is 1. The lowest BCUT2D eigenvalue weighted by atomic mass is 9.69. The number of hydrogen-bond acceptors (Lipinski definition) is 6. The molecule has 1 saturated heterocycles. The Morgan fingerprint density at radius 2 is 1.73 bits per heavy atom. The number of aliphatic hydroxyl groups excluding tert-OH is 1. The standard InChI is InChI=1S/C27H40N4O2/c1-19(2)25-16-23(17-26-28-29-27(33-26)22-7-5-20(3)6-8-22)21(4)15-24(25)18-31-11-9-30(10-12-31)13-14-32/h5-8,15,19,23-25,32H,9-14,16-18H2,1-4H3. The molecule has 4 rings (SSSR count). The van der Waals surface area contributed by atoms with E-state index in [9.17, 15) is 5.11 Å². The van der Waals surface area contributed by atoms with Gasteiger partial charge in [-0.25, -0.2) is 0 Å². The van der Waals surface area contributed by atoms with Crippen molar-refractivity contribution in [2.24, 2.45) is 23.7 Å². The summed E-state index contributed by atoms with van der Waals surface area (Å²) in [5.41, 5.74) is 3.67. The summed E-state index contributed by atoms with van der Waals surface area (Å²) < 4.78 is 6.05. The quantitative estimate of drug-likeness (QED) is 0.610. The number of aromatic nitrogens is 2. The van der Waals surface area contributed by atoms with Crippen LogP contribution in [0.15, 0.2) is 40.3 Å². The van der Waals surface area contributed by atoms with E-state index in [0.29, 0.717) is 29.6 Å². The van der Waals surface area contributed by atoms with Crippen LogP contribution in [0.25, 0.3) is 11.5 Å². The summed E-state index contributed by atoms with van der Waals surface area (Å²) in [4.78, 5) is 4.98. The molecular formula is C27H40N4O2. The predicted molar refractivity (Wildman–Crippen MR) is 132 cm³/mol. The monoisotopic (exact) mass is 452 g/mol. The van der Waals surface area contributed by atoms with Crippen molar-refractivity contribution >= 4 is 0 Å². The van der Waals surface area contributed by atoms with Gasteiger partial charge < -0.3 is 14.4 Å². The molecule has 0 radical (unpaired) electrons. The van der Waals surface area contributed by atoms with E-state index >= 15 is 0 Å². The summed E-state index contributed by atoms with van der Waals surface area (Å²) in [6.45, 7) is 15.6. The lowest BCUT2D eigenvalue weighted by Gasteiger charge is -2.41. The molecule has 1 aromatic carbocycles. The third-order valence-corrected chi connectivity index (χ3v) is 7.62. The molecule has 1 aliphatic carbocycles. The number of nitrogens with zero attached hydrogens (tertiary/aromatic N) is 4. The second kappa shape index (κ2) is 10.9. The van der Waals surface area contributed by atoms with Crippen molar-refractivity contribution in [2.75, 3.05) is 45.9 Å². The van der Waals surface area contributed by atoms with Crippen LogP contribution in [0.4, 0.5) is 0 Å². The van der Waals surface area contributed by atoms with Gasteiger partial charge in [-0.1, -0.05) is 43.2 Å². The van der Waals surface area contributed by atoms with Crippen molar-refractivity contribution in [3.05, 3.63) is 47.4 Å². The Morgan fingerprint density at radius 1 is 1.03 bits per heavy atom. The molecule has 2 heterocycles. The predicted octanol–water partition coefficient (Wildman–Crippen LogP) is 4.05. The van der Waals surface area contributed by atoms with Gasteiger partial charge in [-0.2, -0.15) is 0 Å². The summed E-state index contributed by atoms with van der Waals surface area (Å²) in [6.07, 6.45) is 4.53. The van der Waals surface area contributed by atoms with Crippen molar-refractivity contribution < 1.29 is 9.52 Å². The fraction of sp³-hybridized carbons (Fsp3) is 0.630. The van der Waals surface area contributed by atoms with E-state index in [-0.39, 0.29) is 6.61 Å². The van der Waals surface area contributed by atoms with E-state index in [4.69, 9.17) is 4.42 Å². The molecule has 1 aromatic heterocycles. The van der Waals surface area contributed by atoms with Crippen molar-refractivity contribution in [1.29, 1.82) is 0 Å². The number of piperazine rings is 1. The first-order valence-electron chi connectivity index (χ1n) is 12.6. The molecule has 1 fully saturated rings. The molecule has 2 aromatic rings. The first-order valence-corrected chi connectivity index (χ1v) is 12.6. The highest BCUT2D eigenvalue weighted by molar-refractivity contribution is 5.52. The van der Waals surface area contributed by atoms with Gasteiger partial charge in [-0.3, -0.25) is 4.90 Å². The minimum Gasteiger partial charge on any atom is -0.421 e. The van der Waals surface area contributed by atoms with Crippen LogP contribution in [0, 0.1) is 30.6 Å². The Labute approximate surface area is 198 Å². The van der Waals surface area contributed by atoms with Gasteiger partial charge in [0.05, 0.1) is 6.61 Å². The molecule has 0 bridgehead atoms. The molecule has 1 N–H and O–H groups in total. The lowest BCUT2D eigenvalue weighted by Crippen LogP contribution is -2.49. The van der Waals surface area contributed by atoms with E-state index in [2.05, 4.69) is 65.9 Å². The maximum Gasteiger partial charge on any atom is 0.247 e. The molecule has 6 nitrogen and oxygen atoms in total. The van der Waals surface area contributed by atoms with Crippen LogP contribution >= 0.6 is 0 Å². The van der Waals surface area contributed by atoms with E-state index < -0.39 is 0 Å². The van der Waals surface area contributed by atoms with Crippen LogP contribution < -0.4 is 0 Å². The molecule has 2 aliphatic rings. The van der Waals surface area contributed by atoms with E-state index in [1.54, 1.807) is 0 Å². The molecule has 1 aliphatic heterocycles. The average Bonchev–Trinajstić information content (AvgIpc) is 3.26. The van der Waals surface area contributed by atoms with Crippen LogP contribution in [0.5, 0.6) is 0 Å². The van der Waals surface area contributed by atoms with E-state index in [1.165, 1.54) is 17.6 Å². The third kappa shape index (κ3) is 6.11. The molecule has 0 spiro atoms. The normalized spacial score (nSPS) is 24.9. The zero-order valence-electron chi connectivity index (χ0n) is 20.7. The third-order valence-electron chi connectivity index (χ3n) is 7.62. The van der Waals surface area contributed by atoms with Crippen LogP contribution in [-0.4, -0.2) is 71.0 Å². The number of aryl methyl sites for hydroxylation is 1. The maximum absolute atomic E-state index is 9.19. The lowest BCUT2D eigenvalue weighted by molar-refractivity contribution is 0.0887. The molecule has 180 valence electrons. The van der Waals surface area contributed by atoms with Crippen molar-refractivity contribution in [3.8, 4) is 11.5 Å². The van der Waals surface area contributed by atoms with Gasteiger partial charge >= 0.3 is 0 Å². The minimum absolute atomic E-state index is 0.258. The minimum atomic E-state index is 0.258. The van der Waals surface area contributed by atoms with E-state index in [0.717, 1.165) is 57.1 Å². The summed E-state index contributed by atoms with van der Waals surface area (Å²) in [6, 6.07) is 8.24. The van der Waals surface area contributed by atoms with Gasteiger partial charge in [0.1, 0.15) is 0 Å². The highest BCUT2D eigenvalue weighted by atomic mass is 16.4. The fourth-order valence-electron chi connectivity index (χ4n) is 5.48. The van der Waals surface area contributed by atoms with E-state index in [1.807, 2.05) is 12.1 Å². The number of hydrogen-bond donors (Lipinski definition) is 1. The highest BCUT2D eigenvalue weighted by Crippen LogP contribution is 2.39. The number of rotatable bonds is 8. The topological polar surface area (TPSA) is 65.6 Å². The molecule has 0 saturated carbocycles. The summed E-state index contributed by atoms with van der Waals surface area (Å²) in [5, 5.41) is 17.9. The molecule has 3 unspecified atom stereocenters.